The van der Waals surface area contributed by atoms with E-state index in [1.165, 1.54) is 10.1 Å². The summed E-state index contributed by atoms with van der Waals surface area (Å²) in [7, 11) is 0. The smallest absolute Gasteiger partial charge is 0.263 e. The maximum Gasteiger partial charge on any atom is 0.263 e. The molecule has 0 radical (unpaired) electrons. The summed E-state index contributed by atoms with van der Waals surface area (Å²) in [4.78, 5) is 15.6. The Kier molecular flexibility index (Phi) is 3.00. The number of likely N-dealkylation sites (tertiary alicyclic amines) is 1. The molecule has 104 valence electrons. The number of rotatable bonds is 1. The molecule has 0 saturated carbocycles. The van der Waals surface area contributed by atoms with Crippen molar-refractivity contribution in [1.29, 1.82) is 0 Å². The first-order chi connectivity index (χ1) is 9.81. The number of thiophene rings is 1. The highest BCUT2D eigenvalue weighted by molar-refractivity contribution is 7.20. The molecule has 1 aromatic heterocycles. The quantitative estimate of drug-likeness (QED) is 0.874. The topological polar surface area (TPSA) is 32.3 Å². The van der Waals surface area contributed by atoms with Crippen LogP contribution >= 0.6 is 11.3 Å². The van der Waals surface area contributed by atoms with Gasteiger partial charge in [-0.05, 0) is 48.9 Å². The second-order valence-electron chi connectivity index (χ2n) is 5.87. The lowest BCUT2D eigenvalue weighted by Gasteiger charge is -2.34. The number of piperidine rings is 1. The van der Waals surface area contributed by atoms with Crippen LogP contribution in [0.15, 0.2) is 30.3 Å². The average Bonchev–Trinajstić information content (AvgIpc) is 3.11. The monoisotopic (exact) mass is 286 g/mol. The third-order valence-corrected chi connectivity index (χ3v) is 5.73. The van der Waals surface area contributed by atoms with Gasteiger partial charge in [-0.2, -0.15) is 0 Å². The first kappa shape index (κ1) is 12.4. The van der Waals surface area contributed by atoms with Crippen molar-refractivity contribution in [2.75, 3.05) is 26.2 Å². The van der Waals surface area contributed by atoms with Gasteiger partial charge in [0.25, 0.3) is 5.91 Å². The summed E-state index contributed by atoms with van der Waals surface area (Å²) < 4.78 is 1.20. The van der Waals surface area contributed by atoms with Crippen LogP contribution in [0.2, 0.25) is 0 Å². The molecule has 0 bridgehead atoms. The maximum atomic E-state index is 12.7. The molecule has 2 saturated heterocycles. The van der Waals surface area contributed by atoms with Crippen molar-refractivity contribution in [3.8, 4) is 0 Å². The van der Waals surface area contributed by atoms with Crippen LogP contribution in [0.5, 0.6) is 0 Å². The highest BCUT2D eigenvalue weighted by atomic mass is 32.1. The Bertz CT molecular complexity index is 618. The van der Waals surface area contributed by atoms with Gasteiger partial charge in [0, 0.05) is 17.8 Å². The fourth-order valence-corrected chi connectivity index (χ4v) is 4.49. The van der Waals surface area contributed by atoms with E-state index >= 15 is 0 Å². The van der Waals surface area contributed by atoms with Crippen molar-refractivity contribution in [2.45, 2.75) is 6.42 Å². The van der Waals surface area contributed by atoms with Crippen LogP contribution in [0.3, 0.4) is 0 Å². The Morgan fingerprint density at radius 2 is 2.10 bits per heavy atom. The number of benzene rings is 1. The molecule has 20 heavy (non-hydrogen) atoms. The molecule has 1 N–H and O–H groups in total. The van der Waals surface area contributed by atoms with Crippen LogP contribution < -0.4 is 5.32 Å². The van der Waals surface area contributed by atoms with Gasteiger partial charge in [0.2, 0.25) is 0 Å². The van der Waals surface area contributed by atoms with E-state index in [0.717, 1.165) is 43.4 Å². The molecule has 2 atom stereocenters. The first-order valence-corrected chi connectivity index (χ1v) is 8.11. The molecule has 1 aromatic carbocycles. The summed E-state index contributed by atoms with van der Waals surface area (Å²) in [6, 6.07) is 10.3. The predicted molar refractivity (Wildman–Crippen MR) is 82.2 cm³/mol. The molecule has 3 nitrogen and oxygen atoms in total. The Morgan fingerprint density at radius 1 is 1.25 bits per heavy atom. The summed E-state index contributed by atoms with van der Waals surface area (Å²) >= 11 is 1.62. The molecule has 2 unspecified atom stereocenters. The third kappa shape index (κ3) is 2.03. The zero-order valence-electron chi connectivity index (χ0n) is 11.3. The molecule has 2 aromatic rings. The second-order valence-corrected chi connectivity index (χ2v) is 6.95. The van der Waals surface area contributed by atoms with Crippen molar-refractivity contribution in [2.24, 2.45) is 11.8 Å². The van der Waals surface area contributed by atoms with Crippen molar-refractivity contribution < 1.29 is 4.79 Å². The number of carbonyl (C=O) groups excluding carboxylic acids is 1. The Labute approximate surface area is 122 Å². The Morgan fingerprint density at radius 3 is 3.00 bits per heavy atom. The highest BCUT2D eigenvalue weighted by Crippen LogP contribution is 2.30. The summed E-state index contributed by atoms with van der Waals surface area (Å²) in [5.41, 5.74) is 0. The summed E-state index contributed by atoms with van der Waals surface area (Å²) in [6.07, 6.45) is 1.15. The summed E-state index contributed by atoms with van der Waals surface area (Å²) in [5.74, 6) is 1.65. The van der Waals surface area contributed by atoms with Gasteiger partial charge < -0.3 is 10.2 Å². The Balaban J connectivity index is 1.57. The number of hydrogen-bond acceptors (Lipinski definition) is 3. The minimum Gasteiger partial charge on any atom is -0.338 e. The molecular formula is C16H18N2OS. The zero-order valence-corrected chi connectivity index (χ0v) is 12.2. The van der Waals surface area contributed by atoms with E-state index in [1.807, 2.05) is 18.2 Å². The predicted octanol–water partition coefficient (Wildman–Crippen LogP) is 2.58. The molecule has 2 fully saturated rings. The maximum absolute atomic E-state index is 12.7. The van der Waals surface area contributed by atoms with Gasteiger partial charge in [0.1, 0.15) is 0 Å². The molecule has 0 spiro atoms. The largest absolute Gasteiger partial charge is 0.338 e. The van der Waals surface area contributed by atoms with Crippen molar-refractivity contribution in [1.82, 2.24) is 10.2 Å². The molecule has 4 rings (SSSR count). The van der Waals surface area contributed by atoms with Crippen LogP contribution in [0.4, 0.5) is 0 Å². The van der Waals surface area contributed by atoms with Gasteiger partial charge in [-0.3, -0.25) is 4.79 Å². The van der Waals surface area contributed by atoms with Crippen LogP contribution in [0.1, 0.15) is 16.1 Å². The molecule has 4 heteroatoms. The van der Waals surface area contributed by atoms with Crippen molar-refractivity contribution in [3.05, 3.63) is 35.2 Å². The van der Waals surface area contributed by atoms with Crippen LogP contribution in [-0.4, -0.2) is 37.0 Å². The van der Waals surface area contributed by atoms with E-state index in [9.17, 15) is 4.79 Å². The van der Waals surface area contributed by atoms with Gasteiger partial charge >= 0.3 is 0 Å². The van der Waals surface area contributed by atoms with Gasteiger partial charge in [0.15, 0.2) is 0 Å². The fourth-order valence-electron chi connectivity index (χ4n) is 3.46. The SMILES string of the molecule is O=C(c1cc2ccccc2s1)N1CCC2CNCC2C1. The van der Waals surface area contributed by atoms with E-state index in [4.69, 9.17) is 0 Å². The molecule has 0 aliphatic carbocycles. The lowest BCUT2D eigenvalue weighted by Crippen LogP contribution is -2.43. The van der Waals surface area contributed by atoms with E-state index in [1.54, 1.807) is 11.3 Å². The van der Waals surface area contributed by atoms with E-state index < -0.39 is 0 Å². The average molecular weight is 286 g/mol. The van der Waals surface area contributed by atoms with Crippen LogP contribution in [-0.2, 0) is 0 Å². The van der Waals surface area contributed by atoms with E-state index in [2.05, 4.69) is 22.3 Å². The van der Waals surface area contributed by atoms with Crippen molar-refractivity contribution >= 4 is 27.3 Å². The van der Waals surface area contributed by atoms with Crippen molar-refractivity contribution in [3.63, 3.8) is 0 Å². The lowest BCUT2D eigenvalue weighted by atomic mass is 9.88. The number of carbonyl (C=O) groups is 1. The van der Waals surface area contributed by atoms with Gasteiger partial charge in [0.05, 0.1) is 4.88 Å². The summed E-state index contributed by atoms with van der Waals surface area (Å²) in [6.45, 7) is 4.04. The van der Waals surface area contributed by atoms with Gasteiger partial charge in [-0.15, -0.1) is 11.3 Å². The van der Waals surface area contributed by atoms with Gasteiger partial charge in [-0.1, -0.05) is 18.2 Å². The third-order valence-electron chi connectivity index (χ3n) is 4.63. The first-order valence-electron chi connectivity index (χ1n) is 7.30. The van der Waals surface area contributed by atoms with E-state index in [0.29, 0.717) is 5.92 Å². The standard InChI is InChI=1S/C16H18N2OS/c19-16(15-7-11-3-1-2-4-14(11)20-15)18-6-5-12-8-17-9-13(12)10-18/h1-4,7,12-13,17H,5-6,8-10H2. The van der Waals surface area contributed by atoms with E-state index in [-0.39, 0.29) is 5.91 Å². The minimum absolute atomic E-state index is 0.219. The molecule has 2 aliphatic heterocycles. The normalized spacial score (nSPS) is 25.9. The van der Waals surface area contributed by atoms with Crippen LogP contribution in [0, 0.1) is 11.8 Å². The number of fused-ring (bicyclic) bond motifs is 2. The summed E-state index contributed by atoms with van der Waals surface area (Å²) in [5, 5.41) is 4.63. The number of nitrogens with one attached hydrogen (secondary N) is 1. The molecule has 1 amide bonds. The molecular weight excluding hydrogens is 268 g/mol. The van der Waals surface area contributed by atoms with Crippen LogP contribution in [0.25, 0.3) is 10.1 Å². The number of amides is 1. The Hall–Kier alpha value is -1.39. The highest BCUT2D eigenvalue weighted by Gasteiger charge is 2.34. The number of hydrogen-bond donors (Lipinski definition) is 1. The lowest BCUT2D eigenvalue weighted by molar-refractivity contribution is 0.0647. The van der Waals surface area contributed by atoms with Gasteiger partial charge in [-0.25, -0.2) is 0 Å². The molecule has 3 heterocycles. The number of nitrogens with zero attached hydrogens (tertiary/aromatic N) is 1. The molecule has 2 aliphatic rings. The minimum atomic E-state index is 0.219. The zero-order chi connectivity index (χ0) is 13.5. The second kappa shape index (κ2) is 4.86. The fraction of sp³-hybridized carbons (Fsp3) is 0.438.